The summed E-state index contributed by atoms with van der Waals surface area (Å²) in [6, 6.07) is 5.19. The van der Waals surface area contributed by atoms with Crippen molar-refractivity contribution < 1.29 is 9.50 Å². The molecule has 1 aliphatic heterocycles. The van der Waals surface area contributed by atoms with E-state index in [4.69, 9.17) is 0 Å². The maximum atomic E-state index is 14.0. The molecule has 0 amide bonds. The maximum Gasteiger partial charge on any atom is 0.146 e. The van der Waals surface area contributed by atoms with Crippen molar-refractivity contribution in [3.8, 4) is 0 Å². The molecule has 0 spiro atoms. The summed E-state index contributed by atoms with van der Waals surface area (Å²) in [4.78, 5) is 2.09. The van der Waals surface area contributed by atoms with Crippen molar-refractivity contribution in [2.24, 2.45) is 0 Å². The van der Waals surface area contributed by atoms with E-state index in [1.54, 1.807) is 12.1 Å². The molecule has 17 heavy (non-hydrogen) atoms. The van der Waals surface area contributed by atoms with Gasteiger partial charge in [0.05, 0.1) is 12.3 Å². The van der Waals surface area contributed by atoms with Crippen LogP contribution in [0, 0.1) is 5.82 Å². The molecule has 1 saturated heterocycles. The second kappa shape index (κ2) is 5.27. The Labute approximate surface area is 106 Å². The zero-order valence-electron chi connectivity index (χ0n) is 10.2. The highest BCUT2D eigenvalue weighted by Gasteiger charge is 2.28. The van der Waals surface area contributed by atoms with E-state index >= 15 is 0 Å². The summed E-state index contributed by atoms with van der Waals surface area (Å²) in [5, 5.41) is 9.81. The summed E-state index contributed by atoms with van der Waals surface area (Å²) >= 11 is 1.92. The topological polar surface area (TPSA) is 23.5 Å². The van der Waals surface area contributed by atoms with Gasteiger partial charge in [-0.1, -0.05) is 19.1 Å². The number of rotatable bonds is 2. The number of thioether (sulfide) groups is 1. The summed E-state index contributed by atoms with van der Waals surface area (Å²) in [5.41, 5.74) is 1.26. The normalized spacial score (nSPS) is 25.1. The highest BCUT2D eigenvalue weighted by Crippen LogP contribution is 2.33. The maximum absolute atomic E-state index is 14.0. The van der Waals surface area contributed by atoms with Gasteiger partial charge >= 0.3 is 0 Å². The number of hydrogen-bond donors (Lipinski definition) is 1. The van der Waals surface area contributed by atoms with Crippen LogP contribution in [0.4, 0.5) is 10.1 Å². The third-order valence-electron chi connectivity index (χ3n) is 3.41. The first-order valence-corrected chi connectivity index (χ1v) is 6.96. The van der Waals surface area contributed by atoms with Crippen LogP contribution < -0.4 is 4.90 Å². The lowest BCUT2D eigenvalue weighted by Gasteiger charge is -2.40. The van der Waals surface area contributed by atoms with E-state index in [9.17, 15) is 9.50 Å². The Bertz CT molecular complexity index is 399. The lowest BCUT2D eigenvalue weighted by Crippen LogP contribution is -2.45. The average molecular weight is 255 g/mol. The van der Waals surface area contributed by atoms with E-state index in [0.29, 0.717) is 16.5 Å². The number of hydrogen-bond acceptors (Lipinski definition) is 3. The molecule has 2 unspecified atom stereocenters. The van der Waals surface area contributed by atoms with Crippen molar-refractivity contribution in [2.75, 3.05) is 17.2 Å². The Balaban J connectivity index is 2.38. The van der Waals surface area contributed by atoms with E-state index < -0.39 is 0 Å². The molecule has 2 nitrogen and oxygen atoms in total. The SMILES string of the molecule is CC1SCCN(c2c(F)cccc2CO)C1C. The van der Waals surface area contributed by atoms with Gasteiger partial charge in [-0.15, -0.1) is 0 Å². The summed E-state index contributed by atoms with van der Waals surface area (Å²) in [6.45, 7) is 5.01. The molecule has 4 heteroatoms. The average Bonchev–Trinajstić information content (AvgIpc) is 2.33. The molecule has 0 saturated carbocycles. The molecule has 1 aromatic rings. The molecule has 1 aliphatic rings. The van der Waals surface area contributed by atoms with Gasteiger partial charge in [0.25, 0.3) is 0 Å². The minimum absolute atomic E-state index is 0.113. The zero-order valence-corrected chi connectivity index (χ0v) is 11.0. The molecule has 94 valence electrons. The Morgan fingerprint density at radius 3 is 2.94 bits per heavy atom. The fourth-order valence-corrected chi connectivity index (χ4v) is 3.36. The van der Waals surface area contributed by atoms with E-state index in [-0.39, 0.29) is 18.5 Å². The molecule has 0 bridgehead atoms. The van der Waals surface area contributed by atoms with Gasteiger partial charge in [0, 0.05) is 29.2 Å². The zero-order chi connectivity index (χ0) is 12.4. The summed E-state index contributed by atoms with van der Waals surface area (Å²) in [7, 11) is 0. The van der Waals surface area contributed by atoms with Crippen molar-refractivity contribution >= 4 is 17.4 Å². The number of aliphatic hydroxyl groups excluding tert-OH is 1. The fraction of sp³-hybridized carbons (Fsp3) is 0.538. The molecular formula is C13H18FNOS. The Hall–Kier alpha value is -0.740. The predicted octanol–water partition coefficient (Wildman–Crippen LogP) is 2.65. The first-order chi connectivity index (χ1) is 8.15. The van der Waals surface area contributed by atoms with Crippen molar-refractivity contribution in [3.63, 3.8) is 0 Å². The minimum atomic E-state index is -0.234. The molecule has 1 heterocycles. The molecule has 1 aromatic carbocycles. The van der Waals surface area contributed by atoms with Gasteiger partial charge in [0.2, 0.25) is 0 Å². The van der Waals surface area contributed by atoms with Crippen LogP contribution in [0.2, 0.25) is 0 Å². The number of halogens is 1. The summed E-state index contributed by atoms with van der Waals surface area (Å²) in [6.07, 6.45) is 0. The standard InChI is InChI=1S/C13H18FNOS/c1-9-10(2)17-7-6-15(9)13-11(8-16)4-3-5-12(13)14/h3-5,9-10,16H,6-8H2,1-2H3. The van der Waals surface area contributed by atoms with Gasteiger partial charge in [-0.2, -0.15) is 11.8 Å². The van der Waals surface area contributed by atoms with Crippen molar-refractivity contribution in [1.29, 1.82) is 0 Å². The number of benzene rings is 1. The van der Waals surface area contributed by atoms with E-state index in [0.717, 1.165) is 12.3 Å². The summed E-state index contributed by atoms with van der Waals surface area (Å²) < 4.78 is 14.0. The van der Waals surface area contributed by atoms with Crippen LogP contribution in [0.25, 0.3) is 0 Å². The molecule has 1 N–H and O–H groups in total. The van der Waals surface area contributed by atoms with Crippen LogP contribution in [0.15, 0.2) is 18.2 Å². The monoisotopic (exact) mass is 255 g/mol. The molecule has 2 rings (SSSR count). The van der Waals surface area contributed by atoms with Crippen molar-refractivity contribution in [2.45, 2.75) is 31.7 Å². The quantitative estimate of drug-likeness (QED) is 0.879. The van der Waals surface area contributed by atoms with Gasteiger partial charge < -0.3 is 10.0 Å². The lowest BCUT2D eigenvalue weighted by atomic mass is 10.1. The van der Waals surface area contributed by atoms with Crippen LogP contribution in [-0.4, -0.2) is 28.7 Å². The van der Waals surface area contributed by atoms with Crippen LogP contribution >= 0.6 is 11.8 Å². The van der Waals surface area contributed by atoms with Gasteiger partial charge in [-0.3, -0.25) is 0 Å². The number of nitrogens with zero attached hydrogens (tertiary/aromatic N) is 1. The van der Waals surface area contributed by atoms with Crippen LogP contribution in [0.3, 0.4) is 0 Å². The number of anilines is 1. The number of para-hydroxylation sites is 1. The van der Waals surface area contributed by atoms with E-state index in [1.807, 2.05) is 11.8 Å². The lowest BCUT2D eigenvalue weighted by molar-refractivity contribution is 0.281. The van der Waals surface area contributed by atoms with Crippen molar-refractivity contribution in [3.05, 3.63) is 29.6 Å². The van der Waals surface area contributed by atoms with Gasteiger partial charge in [0.15, 0.2) is 0 Å². The molecular weight excluding hydrogens is 237 g/mol. The van der Waals surface area contributed by atoms with Crippen LogP contribution in [-0.2, 0) is 6.61 Å². The Morgan fingerprint density at radius 1 is 1.47 bits per heavy atom. The van der Waals surface area contributed by atoms with Crippen LogP contribution in [0.5, 0.6) is 0 Å². The first kappa shape index (κ1) is 12.7. The Morgan fingerprint density at radius 2 is 2.24 bits per heavy atom. The molecule has 2 atom stereocenters. The van der Waals surface area contributed by atoms with Crippen LogP contribution in [0.1, 0.15) is 19.4 Å². The second-order valence-electron chi connectivity index (χ2n) is 4.42. The largest absolute Gasteiger partial charge is 0.392 e. The smallest absolute Gasteiger partial charge is 0.146 e. The van der Waals surface area contributed by atoms with Gasteiger partial charge in [-0.25, -0.2) is 4.39 Å². The van der Waals surface area contributed by atoms with E-state index in [1.165, 1.54) is 6.07 Å². The molecule has 0 aliphatic carbocycles. The van der Waals surface area contributed by atoms with Gasteiger partial charge in [0.1, 0.15) is 5.82 Å². The highest BCUT2D eigenvalue weighted by atomic mass is 32.2. The fourth-order valence-electron chi connectivity index (χ4n) is 2.26. The van der Waals surface area contributed by atoms with Crippen molar-refractivity contribution in [1.82, 2.24) is 0 Å². The second-order valence-corrected chi connectivity index (χ2v) is 5.90. The van der Waals surface area contributed by atoms with Gasteiger partial charge in [-0.05, 0) is 13.0 Å². The molecule has 1 fully saturated rings. The predicted molar refractivity (Wildman–Crippen MR) is 71.1 cm³/mol. The first-order valence-electron chi connectivity index (χ1n) is 5.91. The number of aliphatic hydroxyl groups is 1. The third kappa shape index (κ3) is 2.43. The molecule has 0 aromatic heterocycles. The Kier molecular flexibility index (Phi) is 3.94. The summed E-state index contributed by atoms with van der Waals surface area (Å²) in [5.74, 6) is 0.771. The molecule has 0 radical (unpaired) electrons. The van der Waals surface area contributed by atoms with E-state index in [2.05, 4.69) is 18.7 Å². The third-order valence-corrected chi connectivity index (χ3v) is 4.75. The highest BCUT2D eigenvalue weighted by molar-refractivity contribution is 8.00. The minimum Gasteiger partial charge on any atom is -0.392 e.